The molecular weight excluding hydrogens is 302 g/mol. The van der Waals surface area contributed by atoms with Crippen molar-refractivity contribution in [3.8, 4) is 0 Å². The van der Waals surface area contributed by atoms with Gasteiger partial charge in [-0.25, -0.2) is 0 Å². The predicted molar refractivity (Wildman–Crippen MR) is 95.8 cm³/mol. The molecule has 1 saturated heterocycles. The van der Waals surface area contributed by atoms with Gasteiger partial charge in [-0.1, -0.05) is 44.2 Å². The van der Waals surface area contributed by atoms with Gasteiger partial charge in [0.15, 0.2) is 0 Å². The topological polar surface area (TPSA) is 52.7 Å². The predicted octanol–water partition coefficient (Wildman–Crippen LogP) is 1.63. The van der Waals surface area contributed by atoms with Crippen LogP contribution in [-0.4, -0.2) is 60.4 Å². The zero-order valence-electron chi connectivity index (χ0n) is 15.2. The summed E-state index contributed by atoms with van der Waals surface area (Å²) in [6.45, 7) is 10.9. The second kappa shape index (κ2) is 7.79. The maximum Gasteiger partial charge on any atom is 0.236 e. The number of carbonyl (C=O) groups excluding carboxylic acids is 2. The molecule has 1 aliphatic rings. The molecule has 2 amide bonds. The zero-order chi connectivity index (χ0) is 17.7. The Hall–Kier alpha value is -1.88. The number of nitrogens with one attached hydrogen (secondary N) is 1. The second-order valence-electron chi connectivity index (χ2n) is 7.08. The monoisotopic (exact) mass is 331 g/mol. The summed E-state index contributed by atoms with van der Waals surface area (Å²) in [6.07, 6.45) is 0. The first-order valence-electron chi connectivity index (χ1n) is 8.64. The van der Waals surface area contributed by atoms with Crippen LogP contribution in [0.1, 0.15) is 33.3 Å². The van der Waals surface area contributed by atoms with E-state index in [1.54, 1.807) is 11.8 Å². The Morgan fingerprint density at radius 1 is 1.08 bits per heavy atom. The maximum atomic E-state index is 12.4. The van der Waals surface area contributed by atoms with Crippen LogP contribution in [0.3, 0.4) is 0 Å². The van der Waals surface area contributed by atoms with Crippen LogP contribution in [0.25, 0.3) is 0 Å². The molecule has 0 spiro atoms. The van der Waals surface area contributed by atoms with Gasteiger partial charge in [-0.2, -0.15) is 0 Å². The highest BCUT2D eigenvalue weighted by Gasteiger charge is 2.29. The Kier molecular flexibility index (Phi) is 5.99. The van der Waals surface area contributed by atoms with Crippen molar-refractivity contribution in [2.75, 3.05) is 32.7 Å². The molecule has 1 N–H and O–H groups in total. The molecule has 24 heavy (non-hydrogen) atoms. The van der Waals surface area contributed by atoms with E-state index in [9.17, 15) is 9.59 Å². The van der Waals surface area contributed by atoms with Gasteiger partial charge in [-0.3, -0.25) is 9.59 Å². The highest BCUT2D eigenvalue weighted by molar-refractivity contribution is 5.79. The fourth-order valence-electron chi connectivity index (χ4n) is 3.00. The molecule has 5 heteroatoms. The summed E-state index contributed by atoms with van der Waals surface area (Å²) in [6, 6.07) is 10.5. The average molecular weight is 331 g/mol. The third-order valence-electron chi connectivity index (χ3n) is 5.24. The molecule has 0 radical (unpaired) electrons. The van der Waals surface area contributed by atoms with Crippen LogP contribution >= 0.6 is 0 Å². The highest BCUT2D eigenvalue weighted by atomic mass is 16.2. The lowest BCUT2D eigenvalue weighted by Crippen LogP contribution is -2.53. The Morgan fingerprint density at radius 2 is 1.62 bits per heavy atom. The molecule has 0 saturated carbocycles. The molecular formula is C19H29N3O2. The second-order valence-corrected chi connectivity index (χ2v) is 7.08. The SMILES string of the molecule is CC(=O)N1CCN(C(=O)CN[C@@H](C)C(C)(C)c2ccccc2)CC1. The largest absolute Gasteiger partial charge is 0.339 e. The third-order valence-corrected chi connectivity index (χ3v) is 5.24. The van der Waals surface area contributed by atoms with Crippen molar-refractivity contribution in [1.82, 2.24) is 15.1 Å². The number of piperazine rings is 1. The molecule has 1 fully saturated rings. The van der Waals surface area contributed by atoms with Gasteiger partial charge in [-0.05, 0) is 12.5 Å². The van der Waals surface area contributed by atoms with Gasteiger partial charge in [0.1, 0.15) is 0 Å². The van der Waals surface area contributed by atoms with Crippen LogP contribution < -0.4 is 5.32 Å². The molecule has 0 aromatic heterocycles. The summed E-state index contributed by atoms with van der Waals surface area (Å²) in [5.41, 5.74) is 1.20. The number of nitrogens with zero attached hydrogens (tertiary/aromatic N) is 2. The Balaban J connectivity index is 1.84. The number of hydrogen-bond donors (Lipinski definition) is 1. The van der Waals surface area contributed by atoms with Crippen LogP contribution in [0.5, 0.6) is 0 Å². The minimum Gasteiger partial charge on any atom is -0.339 e. The molecule has 0 aliphatic carbocycles. The third kappa shape index (κ3) is 4.35. The number of carbonyl (C=O) groups is 2. The summed E-state index contributed by atoms with van der Waals surface area (Å²) in [5, 5.41) is 3.38. The standard InChI is InChI=1S/C19H29N3O2/c1-15(19(3,4)17-8-6-5-7-9-17)20-14-18(24)22-12-10-21(11-13-22)16(2)23/h5-9,15,20H,10-14H2,1-4H3/t15-/m0/s1. The number of amides is 2. The molecule has 1 aromatic rings. The Bertz CT molecular complexity index is 563. The lowest BCUT2D eigenvalue weighted by molar-refractivity contribution is -0.137. The summed E-state index contributed by atoms with van der Waals surface area (Å²) in [5.74, 6) is 0.187. The number of rotatable bonds is 5. The van der Waals surface area contributed by atoms with Crippen LogP contribution in [0.2, 0.25) is 0 Å². The van der Waals surface area contributed by atoms with Crippen molar-refractivity contribution in [2.24, 2.45) is 0 Å². The van der Waals surface area contributed by atoms with Crippen LogP contribution in [-0.2, 0) is 15.0 Å². The summed E-state index contributed by atoms with van der Waals surface area (Å²) in [4.78, 5) is 27.4. The number of benzene rings is 1. The van der Waals surface area contributed by atoms with Gasteiger partial charge in [0.2, 0.25) is 11.8 Å². The first-order chi connectivity index (χ1) is 11.3. The molecule has 1 aromatic carbocycles. The van der Waals surface area contributed by atoms with Crippen molar-refractivity contribution in [3.63, 3.8) is 0 Å². The van der Waals surface area contributed by atoms with Gasteiger partial charge in [0.05, 0.1) is 6.54 Å². The summed E-state index contributed by atoms with van der Waals surface area (Å²) < 4.78 is 0. The van der Waals surface area contributed by atoms with Gasteiger partial charge < -0.3 is 15.1 Å². The average Bonchev–Trinajstić information content (AvgIpc) is 2.60. The summed E-state index contributed by atoms with van der Waals surface area (Å²) >= 11 is 0. The van der Waals surface area contributed by atoms with Gasteiger partial charge in [0, 0.05) is 44.6 Å². The Morgan fingerprint density at radius 3 is 2.17 bits per heavy atom. The smallest absolute Gasteiger partial charge is 0.236 e. The lowest BCUT2D eigenvalue weighted by Gasteiger charge is -2.36. The first-order valence-corrected chi connectivity index (χ1v) is 8.64. The fraction of sp³-hybridized carbons (Fsp3) is 0.579. The van der Waals surface area contributed by atoms with Crippen LogP contribution in [0.15, 0.2) is 30.3 Å². The molecule has 1 aliphatic heterocycles. The molecule has 0 unspecified atom stereocenters. The molecule has 132 valence electrons. The summed E-state index contributed by atoms with van der Waals surface area (Å²) in [7, 11) is 0. The molecule has 5 nitrogen and oxygen atoms in total. The lowest BCUT2D eigenvalue weighted by atomic mass is 9.78. The van der Waals surface area contributed by atoms with Crippen LogP contribution in [0.4, 0.5) is 0 Å². The zero-order valence-corrected chi connectivity index (χ0v) is 15.2. The van der Waals surface area contributed by atoms with Crippen molar-refractivity contribution in [3.05, 3.63) is 35.9 Å². The van der Waals surface area contributed by atoms with E-state index in [1.807, 2.05) is 23.1 Å². The quantitative estimate of drug-likeness (QED) is 0.892. The molecule has 1 heterocycles. The molecule has 2 rings (SSSR count). The van der Waals surface area contributed by atoms with E-state index < -0.39 is 0 Å². The minimum atomic E-state index is -0.0606. The Labute approximate surface area is 145 Å². The van der Waals surface area contributed by atoms with E-state index in [0.29, 0.717) is 32.7 Å². The van der Waals surface area contributed by atoms with Gasteiger partial charge in [-0.15, -0.1) is 0 Å². The van der Waals surface area contributed by atoms with Crippen molar-refractivity contribution >= 4 is 11.8 Å². The molecule has 1 atom stereocenters. The van der Waals surface area contributed by atoms with Crippen LogP contribution in [0, 0.1) is 0 Å². The highest BCUT2D eigenvalue weighted by Crippen LogP contribution is 2.26. The van der Waals surface area contributed by atoms with E-state index >= 15 is 0 Å². The number of hydrogen-bond acceptors (Lipinski definition) is 3. The van der Waals surface area contributed by atoms with Crippen molar-refractivity contribution in [1.29, 1.82) is 0 Å². The minimum absolute atomic E-state index is 0.0606. The van der Waals surface area contributed by atoms with E-state index in [1.165, 1.54) is 5.56 Å². The van der Waals surface area contributed by atoms with Gasteiger partial charge in [0.25, 0.3) is 0 Å². The van der Waals surface area contributed by atoms with Crippen molar-refractivity contribution in [2.45, 2.75) is 39.2 Å². The fourth-order valence-corrected chi connectivity index (χ4v) is 3.00. The molecule has 0 bridgehead atoms. The van der Waals surface area contributed by atoms with E-state index in [2.05, 4.69) is 38.2 Å². The van der Waals surface area contributed by atoms with E-state index in [4.69, 9.17) is 0 Å². The van der Waals surface area contributed by atoms with E-state index in [0.717, 1.165) is 0 Å². The maximum absolute atomic E-state index is 12.4. The van der Waals surface area contributed by atoms with Gasteiger partial charge >= 0.3 is 0 Å². The van der Waals surface area contributed by atoms with Crippen molar-refractivity contribution < 1.29 is 9.59 Å². The first kappa shape index (κ1) is 18.5. The normalized spacial score (nSPS) is 16.8. The van der Waals surface area contributed by atoms with E-state index in [-0.39, 0.29) is 23.3 Å².